The van der Waals surface area contributed by atoms with E-state index >= 15 is 0 Å². The largest absolute Gasteiger partial charge is 0.315 e. The summed E-state index contributed by atoms with van der Waals surface area (Å²) in [5.41, 5.74) is 2.68. The lowest BCUT2D eigenvalue weighted by molar-refractivity contribution is 0.0718. The number of rotatable bonds is 5. The second kappa shape index (κ2) is 7.92. The maximum atomic E-state index is 7.28. The van der Waals surface area contributed by atoms with Crippen molar-refractivity contribution >= 4 is 0 Å². The first-order valence-electron chi connectivity index (χ1n) is 8.22. The number of benzene rings is 2. The minimum Gasteiger partial charge on any atom is -0.315 e. The Bertz CT molecular complexity index is 633. The van der Waals surface area contributed by atoms with Crippen molar-refractivity contribution in [2.75, 3.05) is 26.2 Å². The normalized spacial score (nSPS) is 19.3. The zero-order chi connectivity index (χ0) is 15.9. The van der Waals surface area contributed by atoms with Gasteiger partial charge in [-0.3, -0.25) is 9.80 Å². The molecule has 1 heterocycles. The molecule has 0 spiro atoms. The smallest absolute Gasteiger partial charge is 0.231 e. The average molecular weight is 305 g/mol. The van der Waals surface area contributed by atoms with Crippen LogP contribution in [0.3, 0.4) is 0 Å². The Morgan fingerprint density at radius 2 is 1.48 bits per heavy atom. The fourth-order valence-electron chi connectivity index (χ4n) is 3.25. The van der Waals surface area contributed by atoms with Gasteiger partial charge in [0.15, 0.2) is 0 Å². The van der Waals surface area contributed by atoms with Crippen LogP contribution in [0.2, 0.25) is 0 Å². The van der Waals surface area contributed by atoms with E-state index in [0.717, 1.165) is 32.7 Å². The van der Waals surface area contributed by atoms with E-state index in [0.29, 0.717) is 12.6 Å². The van der Waals surface area contributed by atoms with Crippen LogP contribution in [0.15, 0.2) is 60.7 Å². The molecule has 0 saturated carbocycles. The van der Waals surface area contributed by atoms with Gasteiger partial charge in [-0.05, 0) is 11.1 Å². The van der Waals surface area contributed by atoms with Gasteiger partial charge in [0.2, 0.25) is 6.54 Å². The van der Waals surface area contributed by atoms with E-state index in [-0.39, 0.29) is 0 Å². The Morgan fingerprint density at radius 3 is 2.09 bits per heavy atom. The van der Waals surface area contributed by atoms with Gasteiger partial charge < -0.3 is 4.85 Å². The fourth-order valence-corrected chi connectivity index (χ4v) is 3.25. The molecule has 1 unspecified atom stereocenters. The molecule has 0 N–H and O–H groups in total. The quantitative estimate of drug-likeness (QED) is 0.785. The molecule has 3 heteroatoms. The van der Waals surface area contributed by atoms with Crippen molar-refractivity contribution in [1.29, 1.82) is 0 Å². The van der Waals surface area contributed by atoms with Crippen molar-refractivity contribution < 1.29 is 0 Å². The summed E-state index contributed by atoms with van der Waals surface area (Å²) in [5, 5.41) is 0. The van der Waals surface area contributed by atoms with Crippen molar-refractivity contribution in [3.63, 3.8) is 0 Å². The Kier molecular flexibility index (Phi) is 5.42. The standard InChI is InChI=1S/C20H23N3/c1-21-14-20-17-22(15-18-8-4-2-5-9-18)12-13-23(20)16-19-10-6-3-7-11-19/h2-11,20H,12-17H2. The van der Waals surface area contributed by atoms with Crippen LogP contribution in [-0.4, -0.2) is 42.0 Å². The van der Waals surface area contributed by atoms with Gasteiger partial charge in [-0.15, -0.1) is 0 Å². The molecule has 0 aliphatic carbocycles. The Hall–Kier alpha value is -2.15. The van der Waals surface area contributed by atoms with Crippen LogP contribution in [0.5, 0.6) is 0 Å². The molecular weight excluding hydrogens is 282 g/mol. The Labute approximate surface area is 139 Å². The predicted octanol–water partition coefficient (Wildman–Crippen LogP) is 3.29. The monoisotopic (exact) mass is 305 g/mol. The average Bonchev–Trinajstić information content (AvgIpc) is 2.59. The van der Waals surface area contributed by atoms with Crippen LogP contribution >= 0.6 is 0 Å². The van der Waals surface area contributed by atoms with Gasteiger partial charge in [0.05, 0.1) is 6.04 Å². The highest BCUT2D eigenvalue weighted by Gasteiger charge is 2.28. The second-order valence-corrected chi connectivity index (χ2v) is 6.17. The van der Waals surface area contributed by atoms with Crippen LogP contribution in [0, 0.1) is 6.57 Å². The molecule has 1 fully saturated rings. The molecule has 23 heavy (non-hydrogen) atoms. The predicted molar refractivity (Wildman–Crippen MR) is 93.8 cm³/mol. The molecule has 0 radical (unpaired) electrons. The highest BCUT2D eigenvalue weighted by Crippen LogP contribution is 2.16. The van der Waals surface area contributed by atoms with E-state index in [1.165, 1.54) is 11.1 Å². The van der Waals surface area contributed by atoms with E-state index in [2.05, 4.69) is 75.3 Å². The van der Waals surface area contributed by atoms with E-state index in [4.69, 9.17) is 6.57 Å². The minimum atomic E-state index is 0.324. The molecule has 118 valence electrons. The summed E-state index contributed by atoms with van der Waals surface area (Å²) in [4.78, 5) is 8.62. The van der Waals surface area contributed by atoms with Gasteiger partial charge in [0, 0.05) is 32.7 Å². The minimum absolute atomic E-state index is 0.324. The van der Waals surface area contributed by atoms with Crippen LogP contribution in [0.25, 0.3) is 4.85 Å². The van der Waals surface area contributed by atoms with Crippen molar-refractivity contribution in [3.05, 3.63) is 83.2 Å². The van der Waals surface area contributed by atoms with Crippen molar-refractivity contribution in [2.24, 2.45) is 0 Å². The van der Waals surface area contributed by atoms with Crippen LogP contribution < -0.4 is 0 Å². The summed E-state index contributed by atoms with van der Waals surface area (Å²) in [6.45, 7) is 12.9. The second-order valence-electron chi connectivity index (χ2n) is 6.17. The molecule has 3 rings (SSSR count). The third kappa shape index (κ3) is 4.41. The lowest BCUT2D eigenvalue weighted by Gasteiger charge is -2.39. The van der Waals surface area contributed by atoms with Gasteiger partial charge in [-0.2, -0.15) is 0 Å². The van der Waals surface area contributed by atoms with Crippen molar-refractivity contribution in [2.45, 2.75) is 19.1 Å². The Balaban J connectivity index is 1.62. The molecule has 0 amide bonds. The van der Waals surface area contributed by atoms with Gasteiger partial charge in [-0.25, -0.2) is 6.57 Å². The molecule has 0 bridgehead atoms. The van der Waals surface area contributed by atoms with Gasteiger partial charge in [-0.1, -0.05) is 60.7 Å². The molecule has 3 nitrogen and oxygen atoms in total. The first kappa shape index (κ1) is 15.7. The summed E-state index contributed by atoms with van der Waals surface area (Å²) < 4.78 is 0. The molecule has 1 aliphatic rings. The molecular formula is C20H23N3. The number of piperazine rings is 1. The van der Waals surface area contributed by atoms with Crippen LogP contribution in [0.4, 0.5) is 0 Å². The summed E-state index contributed by atoms with van der Waals surface area (Å²) in [7, 11) is 0. The summed E-state index contributed by atoms with van der Waals surface area (Å²) in [6.07, 6.45) is 0. The SMILES string of the molecule is [C-]#[N+]CC1CN(Cc2ccccc2)CCN1Cc1ccccc1. The third-order valence-electron chi connectivity index (χ3n) is 4.47. The lowest BCUT2D eigenvalue weighted by atomic mass is 10.1. The van der Waals surface area contributed by atoms with Crippen molar-refractivity contribution in [3.8, 4) is 0 Å². The highest BCUT2D eigenvalue weighted by molar-refractivity contribution is 5.16. The van der Waals surface area contributed by atoms with Gasteiger partial charge >= 0.3 is 0 Å². The first-order chi connectivity index (χ1) is 11.3. The Morgan fingerprint density at radius 1 is 0.870 bits per heavy atom. The molecule has 1 atom stereocenters. The maximum absolute atomic E-state index is 7.28. The maximum Gasteiger partial charge on any atom is 0.231 e. The molecule has 1 aliphatic heterocycles. The molecule has 2 aromatic rings. The summed E-state index contributed by atoms with van der Waals surface area (Å²) >= 11 is 0. The van der Waals surface area contributed by atoms with Gasteiger partial charge in [0.25, 0.3) is 0 Å². The lowest BCUT2D eigenvalue weighted by Crippen LogP contribution is -2.53. The molecule has 0 aromatic heterocycles. The zero-order valence-electron chi connectivity index (χ0n) is 13.4. The van der Waals surface area contributed by atoms with Gasteiger partial charge in [0.1, 0.15) is 0 Å². The van der Waals surface area contributed by atoms with E-state index in [1.54, 1.807) is 0 Å². The van der Waals surface area contributed by atoms with E-state index < -0.39 is 0 Å². The summed E-state index contributed by atoms with van der Waals surface area (Å²) in [6, 6.07) is 21.5. The van der Waals surface area contributed by atoms with Crippen LogP contribution in [0.1, 0.15) is 11.1 Å². The van der Waals surface area contributed by atoms with Crippen molar-refractivity contribution in [1.82, 2.24) is 9.80 Å². The summed E-state index contributed by atoms with van der Waals surface area (Å²) in [5.74, 6) is 0. The molecule has 1 saturated heterocycles. The third-order valence-corrected chi connectivity index (χ3v) is 4.47. The number of nitrogens with zero attached hydrogens (tertiary/aromatic N) is 3. The number of hydrogen-bond acceptors (Lipinski definition) is 2. The number of hydrogen-bond donors (Lipinski definition) is 0. The van der Waals surface area contributed by atoms with E-state index in [9.17, 15) is 0 Å². The zero-order valence-corrected chi connectivity index (χ0v) is 13.4. The molecule has 2 aromatic carbocycles. The van der Waals surface area contributed by atoms with Crippen LogP contribution in [-0.2, 0) is 13.1 Å². The topological polar surface area (TPSA) is 10.8 Å². The highest BCUT2D eigenvalue weighted by atomic mass is 15.3. The fraction of sp³-hybridized carbons (Fsp3) is 0.350. The first-order valence-corrected chi connectivity index (χ1v) is 8.22. The van der Waals surface area contributed by atoms with E-state index in [1.807, 2.05) is 0 Å².